The lowest BCUT2D eigenvalue weighted by atomic mass is 9.56. The topological polar surface area (TPSA) is 0 Å². The summed E-state index contributed by atoms with van der Waals surface area (Å²) < 4.78 is 0. The minimum atomic E-state index is -1.32. The third-order valence-corrected chi connectivity index (χ3v) is 13.5. The molecule has 0 spiro atoms. The first-order valence-corrected chi connectivity index (χ1v) is 20.6. The molecule has 0 saturated heterocycles. The zero-order valence-corrected chi connectivity index (χ0v) is 37.4. The SMILES string of the molecule is [B]C/C([B])=C(/[B])c1c(C#C)c(-c2c3c(c(-c4c([B])c([B])c([B])c([B])c4[B])c4c([B])c([B])c([B])c([B])c24)C([B])=C([B])C3[B])c2c([B])c([B])c([B])c([B])c2c1-c1c([B])c([B])c([B])c2c([B])c([B])c([B])c([B])c12. The van der Waals surface area contributed by atoms with Crippen LogP contribution in [0.4, 0.5) is 0 Å². The summed E-state index contributed by atoms with van der Waals surface area (Å²) >= 11 is 0. The van der Waals surface area contributed by atoms with Crippen LogP contribution in [-0.2, 0) is 0 Å². The van der Waals surface area contributed by atoms with Gasteiger partial charge in [-0.05, 0) is 82.6 Å². The van der Waals surface area contributed by atoms with Gasteiger partial charge in [-0.1, -0.05) is 77.8 Å². The molecule has 70 heavy (non-hydrogen) atoms. The normalized spacial score (nSPS) is 13.8. The van der Waals surface area contributed by atoms with Gasteiger partial charge in [-0.25, -0.2) is 0 Å². The zero-order chi connectivity index (χ0) is 52.1. The standard InChI is InChI=1S/C44H4B26/c1-2-4-6(8-12-16(25(51)34(60)23(12)49)10(17-13(8)26(52)37(63)39(65)28(17)54)19-30(56)42(68)44(70)43(69)31(19)57)11-14(27(53)38(64)36(62)22(11)48)9(7(4)21(47)5(46)3-45)15-18-20(32(58)35(61)24(15)50)33(59)41(67)40(66)29(18)55/h1,23H,3H2/b21-5-. The van der Waals surface area contributed by atoms with E-state index in [0.29, 0.717) is 0 Å². The smallest absolute Gasteiger partial charge is 0.113 e. The second kappa shape index (κ2) is 18.2. The Morgan fingerprint density at radius 1 is 0.357 bits per heavy atom. The van der Waals surface area contributed by atoms with Gasteiger partial charge >= 0.3 is 0 Å². The molecule has 0 amide bonds. The van der Waals surface area contributed by atoms with E-state index < -0.39 is 5.82 Å². The molecule has 26 heteroatoms. The van der Waals surface area contributed by atoms with Crippen molar-refractivity contribution in [2.75, 3.05) is 0 Å². The lowest BCUT2D eigenvalue weighted by molar-refractivity contribution is 1.23. The molecule has 7 aromatic carbocycles. The Labute approximate surface area is 444 Å². The van der Waals surface area contributed by atoms with Crippen LogP contribution in [0, 0.1) is 12.3 Å². The van der Waals surface area contributed by atoms with E-state index >= 15 is 0 Å². The average molecular weight is 814 g/mol. The van der Waals surface area contributed by atoms with Crippen LogP contribution < -0.4 is 109 Å². The monoisotopic (exact) mass is 818 g/mol. The van der Waals surface area contributed by atoms with Crippen LogP contribution in [0.25, 0.3) is 76.6 Å². The molecule has 0 N–H and O–H groups in total. The van der Waals surface area contributed by atoms with E-state index in [1.54, 1.807) is 0 Å². The first kappa shape index (κ1) is 52.4. The number of fused-ring (bicyclic) bond motifs is 4. The molecule has 1 aliphatic rings. The van der Waals surface area contributed by atoms with E-state index in [-0.39, 0.29) is 225 Å². The molecule has 0 fully saturated rings. The van der Waals surface area contributed by atoms with Crippen molar-refractivity contribution >= 4 is 357 Å². The maximum atomic E-state index is 7.18. The quantitative estimate of drug-likeness (QED) is 0.120. The fraction of sp³-hybridized carbons (Fsp3) is 0.0455. The summed E-state index contributed by atoms with van der Waals surface area (Å²) in [6, 6.07) is 0. The Hall–Kier alpha value is -3.95. The minimum absolute atomic E-state index is 0.000993. The van der Waals surface area contributed by atoms with Crippen molar-refractivity contribution in [2.45, 2.75) is 12.1 Å². The van der Waals surface area contributed by atoms with Crippen LogP contribution in [0.15, 0.2) is 10.9 Å². The Kier molecular flexibility index (Phi) is 13.6. The Morgan fingerprint density at radius 2 is 0.671 bits per heavy atom. The molecule has 0 heterocycles. The van der Waals surface area contributed by atoms with Crippen molar-refractivity contribution < 1.29 is 0 Å². The van der Waals surface area contributed by atoms with E-state index in [0.717, 1.165) is 0 Å². The second-order valence-electron chi connectivity index (χ2n) is 16.9. The molecule has 1 unspecified atom stereocenters. The highest BCUT2D eigenvalue weighted by molar-refractivity contribution is 6.75. The zero-order valence-electron chi connectivity index (χ0n) is 37.4. The number of allylic oxidation sites excluding steroid dienone is 2. The Balaban J connectivity index is 1.85. The molecular formula is C44H4B26. The average Bonchev–Trinajstić information content (AvgIpc) is 3.56. The van der Waals surface area contributed by atoms with Crippen LogP contribution in [0.3, 0.4) is 0 Å². The summed E-state index contributed by atoms with van der Waals surface area (Å²) in [5, 5.41) is 0.0180. The predicted octanol–water partition coefficient (Wildman–Crippen LogP) is -15.2. The van der Waals surface area contributed by atoms with Gasteiger partial charge in [0.1, 0.15) is 188 Å². The summed E-state index contributed by atoms with van der Waals surface area (Å²) in [4.78, 5) is 0. The fourth-order valence-electron chi connectivity index (χ4n) is 9.76. The van der Waals surface area contributed by atoms with Crippen LogP contribution in [-0.4, -0.2) is 204 Å². The highest BCUT2D eigenvalue weighted by atomic mass is 14.4. The van der Waals surface area contributed by atoms with Crippen LogP contribution in [0.1, 0.15) is 28.1 Å². The summed E-state index contributed by atoms with van der Waals surface area (Å²) in [6.07, 6.45) is 6.38. The molecule has 0 saturated carbocycles. The Morgan fingerprint density at radius 3 is 1.09 bits per heavy atom. The van der Waals surface area contributed by atoms with Gasteiger partial charge in [-0.15, -0.1) is 72.0 Å². The second-order valence-corrected chi connectivity index (χ2v) is 16.9. The van der Waals surface area contributed by atoms with Crippen molar-refractivity contribution in [1.29, 1.82) is 0 Å². The number of terminal acetylenes is 1. The third kappa shape index (κ3) is 6.90. The van der Waals surface area contributed by atoms with Crippen molar-refractivity contribution in [3.8, 4) is 45.7 Å². The molecule has 1 atom stereocenters. The summed E-state index contributed by atoms with van der Waals surface area (Å²) in [5.41, 5.74) is -3.80. The molecule has 7 aromatic rings. The van der Waals surface area contributed by atoms with Gasteiger partial charge in [0.2, 0.25) is 0 Å². The van der Waals surface area contributed by atoms with Gasteiger partial charge in [0, 0.05) is 11.1 Å². The maximum absolute atomic E-state index is 7.18. The Bertz CT molecular complexity index is 3730. The minimum Gasteiger partial charge on any atom is -0.132 e. The van der Waals surface area contributed by atoms with Crippen LogP contribution in [0.5, 0.6) is 0 Å². The van der Waals surface area contributed by atoms with Crippen molar-refractivity contribution in [2.24, 2.45) is 0 Å². The van der Waals surface area contributed by atoms with Crippen molar-refractivity contribution in [3.05, 3.63) is 33.2 Å². The summed E-state index contributed by atoms with van der Waals surface area (Å²) in [7, 11) is 176. The molecule has 1 aliphatic carbocycles. The number of benzene rings is 7. The van der Waals surface area contributed by atoms with Crippen LogP contribution in [0.2, 0.25) is 6.32 Å². The molecule has 0 nitrogen and oxygen atoms in total. The highest BCUT2D eigenvalue weighted by Gasteiger charge is 2.37. The molecule has 0 aliphatic heterocycles. The number of hydrogen-bond donors (Lipinski definition) is 0. The summed E-state index contributed by atoms with van der Waals surface area (Å²) in [5.74, 6) is 1.46. The van der Waals surface area contributed by atoms with Gasteiger partial charge in [0.25, 0.3) is 0 Å². The van der Waals surface area contributed by atoms with Gasteiger partial charge in [0.15, 0.2) is 0 Å². The van der Waals surface area contributed by atoms with Crippen LogP contribution >= 0.6 is 0 Å². The van der Waals surface area contributed by atoms with Gasteiger partial charge in [-0.2, -0.15) is 0 Å². The lowest BCUT2D eigenvalue weighted by Gasteiger charge is -2.34. The molecule has 0 bridgehead atoms. The van der Waals surface area contributed by atoms with E-state index in [2.05, 4.69) is 5.92 Å². The predicted molar refractivity (Wildman–Crippen MR) is 327 cm³/mol. The van der Waals surface area contributed by atoms with Crippen molar-refractivity contribution in [1.82, 2.24) is 0 Å². The van der Waals surface area contributed by atoms with E-state index in [1.165, 1.54) is 0 Å². The number of rotatable bonds is 5. The maximum Gasteiger partial charge on any atom is 0.113 e. The van der Waals surface area contributed by atoms with Crippen molar-refractivity contribution in [3.63, 3.8) is 0 Å². The highest BCUT2D eigenvalue weighted by Crippen LogP contribution is 2.53. The summed E-state index contributed by atoms with van der Waals surface area (Å²) in [6.45, 7) is 0. The van der Waals surface area contributed by atoms with E-state index in [1.807, 2.05) is 0 Å². The van der Waals surface area contributed by atoms with Gasteiger partial charge in [-0.3, -0.25) is 0 Å². The first-order valence-electron chi connectivity index (χ1n) is 20.6. The largest absolute Gasteiger partial charge is 0.132 e. The van der Waals surface area contributed by atoms with Gasteiger partial charge in [0.05, 0.1) is 15.7 Å². The number of hydrogen-bond acceptors (Lipinski definition) is 0. The molecular weight excluding hydrogens is 810 g/mol. The molecule has 0 aromatic heterocycles. The van der Waals surface area contributed by atoms with E-state index in [4.69, 9.17) is 210 Å². The fourth-order valence-corrected chi connectivity index (χ4v) is 9.76. The first-order chi connectivity index (χ1) is 32.7. The molecule has 258 valence electrons. The van der Waals surface area contributed by atoms with Gasteiger partial charge < -0.3 is 0 Å². The third-order valence-electron chi connectivity index (χ3n) is 13.5. The molecule has 8 rings (SSSR count). The molecule has 52 radical (unpaired) electrons. The van der Waals surface area contributed by atoms with E-state index in [9.17, 15) is 0 Å². The lowest BCUT2D eigenvalue weighted by Crippen LogP contribution is -2.55.